The maximum Gasteiger partial charge on any atom is 0.233 e. The first-order chi connectivity index (χ1) is 8.18. The lowest BCUT2D eigenvalue weighted by molar-refractivity contribution is -0.666. The third-order valence-electron chi connectivity index (χ3n) is 3.51. The molecule has 2 rings (SSSR count). The van der Waals surface area contributed by atoms with Crippen molar-refractivity contribution in [3.63, 3.8) is 0 Å². The molecule has 1 amide bonds. The highest BCUT2D eigenvalue weighted by Crippen LogP contribution is 2.20. The van der Waals surface area contributed by atoms with Gasteiger partial charge in [0.05, 0.1) is 19.0 Å². The summed E-state index contributed by atoms with van der Waals surface area (Å²) in [4.78, 5) is 12.1. The molecule has 3 heteroatoms. The minimum Gasteiger partial charge on any atom is -0.346 e. The van der Waals surface area contributed by atoms with Gasteiger partial charge in [0, 0.05) is 5.69 Å². The van der Waals surface area contributed by atoms with Gasteiger partial charge in [-0.25, -0.2) is 0 Å². The molecule has 1 aromatic carbocycles. The monoisotopic (exact) mass is 233 g/mol. The van der Waals surface area contributed by atoms with E-state index in [0.717, 1.165) is 42.7 Å². The Hall–Kier alpha value is -1.35. The molecule has 1 saturated heterocycles. The van der Waals surface area contributed by atoms with Crippen molar-refractivity contribution in [3.8, 4) is 0 Å². The van der Waals surface area contributed by atoms with Gasteiger partial charge in [0.2, 0.25) is 5.91 Å². The summed E-state index contributed by atoms with van der Waals surface area (Å²) in [5.74, 6) is 0.348. The number of hydrogen-bond acceptors (Lipinski definition) is 1. The summed E-state index contributed by atoms with van der Waals surface area (Å²) in [6, 6.07) is 6.10. The van der Waals surface area contributed by atoms with Crippen molar-refractivity contribution in [2.45, 2.75) is 26.7 Å². The van der Waals surface area contributed by atoms with E-state index in [4.69, 9.17) is 0 Å². The Balaban J connectivity index is 2.07. The van der Waals surface area contributed by atoms with Gasteiger partial charge >= 0.3 is 0 Å². The third-order valence-corrected chi connectivity index (χ3v) is 3.51. The normalized spacial score (nSPS) is 20.0. The fraction of sp³-hybridized carbons (Fsp3) is 0.500. The van der Waals surface area contributed by atoms with E-state index in [0.29, 0.717) is 0 Å². The molecule has 0 bridgehead atoms. The molecule has 1 atom stereocenters. The molecular formula is C14H21N2O+. The predicted molar refractivity (Wildman–Crippen MR) is 68.9 cm³/mol. The van der Waals surface area contributed by atoms with E-state index in [9.17, 15) is 4.79 Å². The number of nitrogens with two attached hydrogens (primary N) is 1. The predicted octanol–water partition coefficient (Wildman–Crippen LogP) is 1.22. The molecule has 1 aromatic rings. The molecule has 92 valence electrons. The molecule has 3 N–H and O–H groups in total. The number of amides is 1. The summed E-state index contributed by atoms with van der Waals surface area (Å²) in [5.41, 5.74) is 3.26. The second-order valence-electron chi connectivity index (χ2n) is 4.91. The Morgan fingerprint density at radius 1 is 1.35 bits per heavy atom. The van der Waals surface area contributed by atoms with Crippen molar-refractivity contribution < 1.29 is 10.1 Å². The first kappa shape index (κ1) is 12.1. The third kappa shape index (κ3) is 2.86. The Kier molecular flexibility index (Phi) is 3.79. The minimum atomic E-state index is 0.169. The van der Waals surface area contributed by atoms with Crippen molar-refractivity contribution in [1.82, 2.24) is 0 Å². The number of carbonyl (C=O) groups excluding carboxylic acids is 1. The second kappa shape index (κ2) is 5.32. The first-order valence-electron chi connectivity index (χ1n) is 6.37. The topological polar surface area (TPSA) is 45.7 Å². The van der Waals surface area contributed by atoms with Crippen LogP contribution in [0.3, 0.4) is 0 Å². The van der Waals surface area contributed by atoms with E-state index in [1.807, 2.05) is 32.0 Å². The van der Waals surface area contributed by atoms with Gasteiger partial charge in [0.1, 0.15) is 0 Å². The number of carbonyl (C=O) groups is 1. The highest BCUT2D eigenvalue weighted by molar-refractivity contribution is 5.94. The van der Waals surface area contributed by atoms with Crippen LogP contribution < -0.4 is 10.6 Å². The lowest BCUT2D eigenvalue weighted by Crippen LogP contribution is -2.87. The van der Waals surface area contributed by atoms with Gasteiger partial charge in [-0.15, -0.1) is 0 Å². The minimum absolute atomic E-state index is 0.169. The van der Waals surface area contributed by atoms with Crippen LogP contribution in [0.4, 0.5) is 5.69 Å². The summed E-state index contributed by atoms with van der Waals surface area (Å²) in [7, 11) is 0. The second-order valence-corrected chi connectivity index (χ2v) is 4.91. The largest absolute Gasteiger partial charge is 0.346 e. The SMILES string of the molecule is Cc1cccc(C)c1NC(=O)[C@H]1CCC[NH2+]C1. The molecule has 0 aromatic heterocycles. The van der Waals surface area contributed by atoms with Crippen molar-refractivity contribution >= 4 is 11.6 Å². The number of aryl methyl sites for hydroxylation is 2. The van der Waals surface area contributed by atoms with Gasteiger partial charge in [0.15, 0.2) is 0 Å². The number of para-hydroxylation sites is 1. The summed E-state index contributed by atoms with van der Waals surface area (Å²) in [5, 5.41) is 5.32. The molecule has 0 aliphatic carbocycles. The van der Waals surface area contributed by atoms with Crippen LogP contribution in [-0.4, -0.2) is 19.0 Å². The fourth-order valence-corrected chi connectivity index (χ4v) is 2.42. The standard InChI is InChI=1S/C14H20N2O/c1-10-5-3-6-11(2)13(10)16-14(17)12-7-4-8-15-9-12/h3,5-6,12,15H,4,7-9H2,1-2H3,(H,16,17)/p+1/t12-/m0/s1. The number of anilines is 1. The summed E-state index contributed by atoms with van der Waals surface area (Å²) in [6.45, 7) is 6.16. The number of rotatable bonds is 2. The van der Waals surface area contributed by atoms with Crippen LogP contribution in [0.1, 0.15) is 24.0 Å². The van der Waals surface area contributed by atoms with Crippen LogP contribution >= 0.6 is 0 Å². The zero-order chi connectivity index (χ0) is 12.3. The van der Waals surface area contributed by atoms with Gasteiger partial charge in [-0.2, -0.15) is 0 Å². The van der Waals surface area contributed by atoms with Crippen molar-refractivity contribution in [3.05, 3.63) is 29.3 Å². The van der Waals surface area contributed by atoms with Crippen LogP contribution in [-0.2, 0) is 4.79 Å². The number of nitrogens with one attached hydrogen (secondary N) is 1. The maximum atomic E-state index is 12.1. The lowest BCUT2D eigenvalue weighted by atomic mass is 9.98. The summed E-state index contributed by atoms with van der Waals surface area (Å²) < 4.78 is 0. The van der Waals surface area contributed by atoms with Gasteiger partial charge in [-0.1, -0.05) is 18.2 Å². The smallest absolute Gasteiger partial charge is 0.233 e. The van der Waals surface area contributed by atoms with Crippen LogP contribution in [0.5, 0.6) is 0 Å². The van der Waals surface area contributed by atoms with E-state index in [2.05, 4.69) is 10.6 Å². The molecule has 3 nitrogen and oxygen atoms in total. The quantitative estimate of drug-likeness (QED) is 0.792. The van der Waals surface area contributed by atoms with E-state index in [1.165, 1.54) is 0 Å². The molecule has 1 fully saturated rings. The van der Waals surface area contributed by atoms with Gasteiger partial charge in [-0.3, -0.25) is 4.79 Å². The van der Waals surface area contributed by atoms with Crippen molar-refractivity contribution in [1.29, 1.82) is 0 Å². The zero-order valence-electron chi connectivity index (χ0n) is 10.6. The lowest BCUT2D eigenvalue weighted by Gasteiger charge is -2.20. The molecule has 0 unspecified atom stereocenters. The van der Waals surface area contributed by atoms with Gasteiger partial charge in [-0.05, 0) is 37.8 Å². The zero-order valence-corrected chi connectivity index (χ0v) is 10.6. The highest BCUT2D eigenvalue weighted by atomic mass is 16.1. The molecule has 1 heterocycles. The average Bonchev–Trinajstić information content (AvgIpc) is 2.35. The average molecular weight is 233 g/mol. The molecule has 1 aliphatic rings. The number of benzene rings is 1. The summed E-state index contributed by atoms with van der Waals surface area (Å²) in [6.07, 6.45) is 2.16. The Morgan fingerprint density at radius 3 is 2.65 bits per heavy atom. The van der Waals surface area contributed by atoms with E-state index < -0.39 is 0 Å². The Morgan fingerprint density at radius 2 is 2.06 bits per heavy atom. The molecule has 0 saturated carbocycles. The number of hydrogen-bond donors (Lipinski definition) is 2. The van der Waals surface area contributed by atoms with Crippen LogP contribution in [0.25, 0.3) is 0 Å². The van der Waals surface area contributed by atoms with Crippen LogP contribution in [0.15, 0.2) is 18.2 Å². The molecule has 0 radical (unpaired) electrons. The van der Waals surface area contributed by atoms with E-state index >= 15 is 0 Å². The maximum absolute atomic E-state index is 12.1. The first-order valence-corrected chi connectivity index (χ1v) is 6.37. The molecule has 17 heavy (non-hydrogen) atoms. The summed E-state index contributed by atoms with van der Waals surface area (Å²) >= 11 is 0. The van der Waals surface area contributed by atoms with Crippen molar-refractivity contribution in [2.24, 2.45) is 5.92 Å². The van der Waals surface area contributed by atoms with Gasteiger partial charge in [0.25, 0.3) is 0 Å². The van der Waals surface area contributed by atoms with Crippen molar-refractivity contribution in [2.75, 3.05) is 18.4 Å². The molecular weight excluding hydrogens is 212 g/mol. The van der Waals surface area contributed by atoms with Crippen LogP contribution in [0.2, 0.25) is 0 Å². The molecule has 0 spiro atoms. The van der Waals surface area contributed by atoms with Gasteiger partial charge < -0.3 is 10.6 Å². The number of quaternary nitrogens is 1. The Labute approximate surface area is 103 Å². The molecule has 1 aliphatic heterocycles. The van der Waals surface area contributed by atoms with E-state index in [1.54, 1.807) is 0 Å². The number of piperidine rings is 1. The van der Waals surface area contributed by atoms with E-state index in [-0.39, 0.29) is 11.8 Å². The fourth-order valence-electron chi connectivity index (χ4n) is 2.42. The Bertz CT molecular complexity index is 388. The highest BCUT2D eigenvalue weighted by Gasteiger charge is 2.24. The van der Waals surface area contributed by atoms with Crippen LogP contribution in [0, 0.1) is 19.8 Å².